The number of primary sulfonamides is 1. The SMILES string of the molecule is NS(=O)(=O)c1ccc(N2C(=O)CC(N(CCc3c[nH]c4ccccc34)C(=O)C3CCCCC3)C2=O)cc1. The van der Waals surface area contributed by atoms with Crippen LogP contribution in [0.25, 0.3) is 10.9 Å². The van der Waals surface area contributed by atoms with E-state index in [1.807, 2.05) is 30.5 Å². The number of aromatic nitrogens is 1. The molecular weight excluding hydrogens is 492 g/mol. The number of H-pyrrole nitrogens is 1. The number of nitrogens with zero attached hydrogens (tertiary/aromatic N) is 2. The van der Waals surface area contributed by atoms with Crippen molar-refractivity contribution in [2.75, 3.05) is 11.4 Å². The number of anilines is 1. The lowest BCUT2D eigenvalue weighted by Crippen LogP contribution is -2.48. The van der Waals surface area contributed by atoms with Crippen LogP contribution in [0.1, 0.15) is 44.1 Å². The van der Waals surface area contributed by atoms with Crippen molar-refractivity contribution >= 4 is 44.3 Å². The van der Waals surface area contributed by atoms with Crippen molar-refractivity contribution in [1.29, 1.82) is 0 Å². The third-order valence-electron chi connectivity index (χ3n) is 7.46. The molecule has 1 saturated carbocycles. The standard InChI is InChI=1S/C27H30N4O5S/c28-37(35,36)21-12-10-20(11-13-21)31-25(32)16-24(27(31)34)30(26(33)18-6-2-1-3-7-18)15-14-19-17-29-23-9-5-4-8-22(19)23/h4-5,8-13,17-18,24,29H,1-3,6-7,14-16H2,(H2,28,35,36). The number of carbonyl (C=O) groups is 3. The highest BCUT2D eigenvalue weighted by molar-refractivity contribution is 7.89. The molecule has 2 aliphatic rings. The van der Waals surface area contributed by atoms with Crippen molar-refractivity contribution in [3.8, 4) is 0 Å². The summed E-state index contributed by atoms with van der Waals surface area (Å²) in [7, 11) is -3.91. The molecule has 5 rings (SSSR count). The number of hydrogen-bond donors (Lipinski definition) is 2. The molecule has 0 radical (unpaired) electrons. The minimum absolute atomic E-state index is 0.0721. The smallest absolute Gasteiger partial charge is 0.257 e. The number of nitrogens with one attached hydrogen (secondary N) is 1. The van der Waals surface area contributed by atoms with Crippen LogP contribution in [0.3, 0.4) is 0 Å². The molecule has 10 heteroatoms. The van der Waals surface area contributed by atoms with E-state index >= 15 is 0 Å². The number of carbonyl (C=O) groups excluding carboxylic acids is 3. The second kappa shape index (κ2) is 10.1. The number of fused-ring (bicyclic) bond motifs is 1. The number of nitrogens with two attached hydrogens (primary N) is 1. The fourth-order valence-electron chi connectivity index (χ4n) is 5.50. The molecule has 194 valence electrons. The van der Waals surface area contributed by atoms with Gasteiger partial charge in [-0.2, -0.15) is 0 Å². The Hall–Kier alpha value is -3.50. The van der Waals surface area contributed by atoms with Gasteiger partial charge in [0.2, 0.25) is 21.8 Å². The Morgan fingerprint density at radius 2 is 1.73 bits per heavy atom. The van der Waals surface area contributed by atoms with Crippen LogP contribution in [0.2, 0.25) is 0 Å². The zero-order chi connectivity index (χ0) is 26.2. The Bertz CT molecular complexity index is 1440. The number of aromatic amines is 1. The van der Waals surface area contributed by atoms with Gasteiger partial charge >= 0.3 is 0 Å². The van der Waals surface area contributed by atoms with Gasteiger partial charge in [-0.05, 0) is 55.2 Å². The molecule has 1 aliphatic carbocycles. The fraction of sp³-hybridized carbons (Fsp3) is 0.370. The maximum Gasteiger partial charge on any atom is 0.257 e. The molecule has 0 bridgehead atoms. The number of sulfonamides is 1. The van der Waals surface area contributed by atoms with E-state index in [-0.39, 0.29) is 28.8 Å². The predicted octanol–water partition coefficient (Wildman–Crippen LogP) is 3.10. The Morgan fingerprint density at radius 1 is 1.03 bits per heavy atom. The van der Waals surface area contributed by atoms with Crippen LogP contribution in [0, 0.1) is 5.92 Å². The van der Waals surface area contributed by atoms with Gasteiger partial charge in [0, 0.05) is 29.6 Å². The highest BCUT2D eigenvalue weighted by Crippen LogP contribution is 2.31. The van der Waals surface area contributed by atoms with Gasteiger partial charge in [0.15, 0.2) is 0 Å². The number of amides is 3. The number of para-hydroxylation sites is 1. The second-order valence-electron chi connectivity index (χ2n) is 9.80. The largest absolute Gasteiger partial charge is 0.361 e. The molecule has 1 saturated heterocycles. The average molecular weight is 523 g/mol. The Kier molecular flexibility index (Phi) is 6.87. The molecule has 3 amide bonds. The van der Waals surface area contributed by atoms with Gasteiger partial charge in [0.25, 0.3) is 5.91 Å². The van der Waals surface area contributed by atoms with E-state index in [0.717, 1.165) is 53.5 Å². The third kappa shape index (κ3) is 5.03. The van der Waals surface area contributed by atoms with Gasteiger partial charge in [-0.3, -0.25) is 14.4 Å². The summed E-state index contributed by atoms with van der Waals surface area (Å²) in [6, 6.07) is 12.3. The van der Waals surface area contributed by atoms with Crippen LogP contribution in [-0.2, 0) is 30.8 Å². The number of imide groups is 1. The van der Waals surface area contributed by atoms with E-state index in [1.165, 1.54) is 24.3 Å². The first-order valence-electron chi connectivity index (χ1n) is 12.6. The molecular formula is C27H30N4O5S. The van der Waals surface area contributed by atoms with Crippen molar-refractivity contribution in [2.45, 2.75) is 55.9 Å². The molecule has 3 N–H and O–H groups in total. The molecule has 2 heterocycles. The van der Waals surface area contributed by atoms with Crippen LogP contribution >= 0.6 is 0 Å². The molecule has 1 aliphatic heterocycles. The Labute approximate surface area is 215 Å². The van der Waals surface area contributed by atoms with Crippen molar-refractivity contribution in [3.63, 3.8) is 0 Å². The summed E-state index contributed by atoms with van der Waals surface area (Å²) >= 11 is 0. The van der Waals surface area contributed by atoms with E-state index in [2.05, 4.69) is 4.98 Å². The summed E-state index contributed by atoms with van der Waals surface area (Å²) in [5.74, 6) is -1.12. The van der Waals surface area contributed by atoms with Crippen LogP contribution in [0.5, 0.6) is 0 Å². The van der Waals surface area contributed by atoms with Crippen molar-refractivity contribution in [3.05, 3.63) is 60.3 Å². The number of rotatable bonds is 7. The number of hydrogen-bond acceptors (Lipinski definition) is 5. The van der Waals surface area contributed by atoms with E-state index < -0.39 is 27.9 Å². The molecule has 2 fully saturated rings. The van der Waals surface area contributed by atoms with Gasteiger partial charge in [-0.15, -0.1) is 0 Å². The minimum Gasteiger partial charge on any atom is -0.361 e. The van der Waals surface area contributed by atoms with Crippen LogP contribution in [-0.4, -0.2) is 48.6 Å². The van der Waals surface area contributed by atoms with Crippen LogP contribution in [0.4, 0.5) is 5.69 Å². The van der Waals surface area contributed by atoms with Gasteiger partial charge < -0.3 is 9.88 Å². The lowest BCUT2D eigenvalue weighted by atomic mass is 9.87. The van der Waals surface area contributed by atoms with Crippen LogP contribution < -0.4 is 10.0 Å². The van der Waals surface area contributed by atoms with E-state index in [1.54, 1.807) is 4.90 Å². The monoisotopic (exact) mass is 522 g/mol. The Balaban J connectivity index is 1.41. The molecule has 1 aromatic heterocycles. The summed E-state index contributed by atoms with van der Waals surface area (Å²) in [5.41, 5.74) is 2.31. The second-order valence-corrected chi connectivity index (χ2v) is 11.4. The molecule has 1 unspecified atom stereocenters. The first kappa shape index (κ1) is 25.2. The average Bonchev–Trinajstić information content (AvgIpc) is 3.44. The van der Waals surface area contributed by atoms with Crippen molar-refractivity contribution in [1.82, 2.24) is 9.88 Å². The number of benzene rings is 2. The van der Waals surface area contributed by atoms with Gasteiger partial charge in [0.1, 0.15) is 6.04 Å². The summed E-state index contributed by atoms with van der Waals surface area (Å²) in [6.07, 6.45) is 6.99. The van der Waals surface area contributed by atoms with Gasteiger partial charge in [0.05, 0.1) is 17.0 Å². The van der Waals surface area contributed by atoms with Crippen LogP contribution in [0.15, 0.2) is 59.6 Å². The summed E-state index contributed by atoms with van der Waals surface area (Å²) in [5, 5.41) is 6.23. The van der Waals surface area contributed by atoms with Crippen molar-refractivity contribution in [2.24, 2.45) is 11.1 Å². The van der Waals surface area contributed by atoms with Gasteiger partial charge in [-0.1, -0.05) is 37.5 Å². The molecule has 2 aromatic carbocycles. The molecule has 1 atom stereocenters. The fourth-order valence-corrected chi connectivity index (χ4v) is 6.01. The topological polar surface area (TPSA) is 134 Å². The third-order valence-corrected chi connectivity index (χ3v) is 8.39. The maximum absolute atomic E-state index is 13.7. The minimum atomic E-state index is -3.91. The zero-order valence-electron chi connectivity index (χ0n) is 20.4. The highest BCUT2D eigenvalue weighted by Gasteiger charge is 2.45. The quantitative estimate of drug-likeness (QED) is 0.460. The molecule has 37 heavy (non-hydrogen) atoms. The van der Waals surface area contributed by atoms with Gasteiger partial charge in [-0.25, -0.2) is 18.5 Å². The lowest BCUT2D eigenvalue weighted by Gasteiger charge is -2.32. The normalized spacial score (nSPS) is 19.1. The summed E-state index contributed by atoms with van der Waals surface area (Å²) in [6.45, 7) is 0.319. The maximum atomic E-state index is 13.7. The molecule has 3 aromatic rings. The van der Waals surface area contributed by atoms with E-state index in [9.17, 15) is 22.8 Å². The zero-order valence-corrected chi connectivity index (χ0v) is 21.2. The van der Waals surface area contributed by atoms with E-state index in [0.29, 0.717) is 13.0 Å². The summed E-state index contributed by atoms with van der Waals surface area (Å²) < 4.78 is 23.2. The first-order valence-corrected chi connectivity index (χ1v) is 14.1. The summed E-state index contributed by atoms with van der Waals surface area (Å²) in [4.78, 5) is 46.1. The molecule has 9 nitrogen and oxygen atoms in total. The van der Waals surface area contributed by atoms with E-state index in [4.69, 9.17) is 5.14 Å². The predicted molar refractivity (Wildman–Crippen MR) is 139 cm³/mol. The first-order chi connectivity index (χ1) is 17.7. The molecule has 0 spiro atoms. The van der Waals surface area contributed by atoms with Crippen molar-refractivity contribution < 1.29 is 22.8 Å². The lowest BCUT2D eigenvalue weighted by molar-refractivity contribution is -0.142. The highest BCUT2D eigenvalue weighted by atomic mass is 32.2. The Morgan fingerprint density at radius 3 is 2.43 bits per heavy atom.